The van der Waals surface area contributed by atoms with Crippen LogP contribution in [0.1, 0.15) is 44.6 Å². The summed E-state index contributed by atoms with van der Waals surface area (Å²) >= 11 is 0. The van der Waals surface area contributed by atoms with Gasteiger partial charge >= 0.3 is 0 Å². The lowest BCUT2D eigenvalue weighted by molar-refractivity contribution is 0.282. The Morgan fingerprint density at radius 1 is 1.14 bits per heavy atom. The van der Waals surface area contributed by atoms with E-state index < -0.39 is 5.82 Å². The number of nitrogens with one attached hydrogen (secondary N) is 1. The Balaban J connectivity index is 0.000000989. The van der Waals surface area contributed by atoms with Crippen molar-refractivity contribution in [2.45, 2.75) is 34.3 Å². The third-order valence-electron chi connectivity index (χ3n) is 3.36. The molecule has 0 radical (unpaired) electrons. The van der Waals surface area contributed by atoms with E-state index in [-0.39, 0.29) is 24.0 Å². The number of pyridine rings is 2. The lowest BCUT2D eigenvalue weighted by atomic mass is 10.2. The number of hydrogen-bond acceptors (Lipinski definition) is 4. The highest BCUT2D eigenvalue weighted by atomic mass is 19.1. The van der Waals surface area contributed by atoms with E-state index in [1.54, 1.807) is 36.7 Å². The highest BCUT2D eigenvalue weighted by molar-refractivity contribution is 6.10. The maximum Gasteiger partial charge on any atom is 0.179 e. The third-order valence-corrected chi connectivity index (χ3v) is 3.36. The zero-order valence-corrected chi connectivity index (χ0v) is 17.1. The molecule has 3 heterocycles. The fourth-order valence-corrected chi connectivity index (χ4v) is 2.14. The van der Waals surface area contributed by atoms with Crippen LogP contribution in [0, 0.1) is 5.82 Å². The van der Waals surface area contributed by atoms with Crippen LogP contribution in [0.2, 0.25) is 0 Å². The zero-order valence-electron chi connectivity index (χ0n) is 17.1. The number of nitrogens with zero attached hydrogens (tertiary/aromatic N) is 4. The van der Waals surface area contributed by atoms with E-state index in [1.165, 1.54) is 12.3 Å². The maximum atomic E-state index is 13.9. The topological polar surface area (TPSA) is 113 Å². The van der Waals surface area contributed by atoms with E-state index in [0.29, 0.717) is 17.0 Å². The molecule has 154 valence electrons. The van der Waals surface area contributed by atoms with E-state index in [0.717, 1.165) is 6.20 Å². The minimum Gasteiger partial charge on any atom is -0.392 e. The van der Waals surface area contributed by atoms with Crippen molar-refractivity contribution < 1.29 is 9.50 Å². The molecule has 3 aromatic heterocycles. The molecule has 8 heteroatoms. The van der Waals surface area contributed by atoms with Gasteiger partial charge in [-0.3, -0.25) is 9.97 Å². The number of amidine groups is 2. The zero-order chi connectivity index (χ0) is 21.6. The van der Waals surface area contributed by atoms with Gasteiger partial charge in [0.1, 0.15) is 11.4 Å². The van der Waals surface area contributed by atoms with Gasteiger partial charge in [-0.25, -0.2) is 14.4 Å². The second-order valence-corrected chi connectivity index (χ2v) is 5.01. The van der Waals surface area contributed by atoms with Crippen molar-refractivity contribution in [3.63, 3.8) is 0 Å². The standard InChI is InChI=1S/C17H15FN6O.2C2H6/c18-12-9-20-7-5-13(12)23-17(15-11(10-25)4-8-22-15)24-16(19)14-3-1-2-6-21-14;2*1-2/h1-9,22,25H,10H2,(H2,19,20,23,24);2*1-2H3. The summed E-state index contributed by atoms with van der Waals surface area (Å²) in [5.41, 5.74) is 7.53. The minimum absolute atomic E-state index is 0.0565. The maximum absolute atomic E-state index is 13.9. The van der Waals surface area contributed by atoms with Crippen LogP contribution in [-0.4, -0.2) is 31.7 Å². The first-order valence-electron chi connectivity index (χ1n) is 9.40. The van der Waals surface area contributed by atoms with Gasteiger partial charge in [0.15, 0.2) is 17.5 Å². The molecule has 3 aromatic rings. The van der Waals surface area contributed by atoms with Gasteiger partial charge in [-0.2, -0.15) is 0 Å². The molecule has 3 rings (SSSR count). The Morgan fingerprint density at radius 3 is 2.52 bits per heavy atom. The molecule has 0 bridgehead atoms. The van der Waals surface area contributed by atoms with Gasteiger partial charge in [-0.1, -0.05) is 33.8 Å². The molecule has 29 heavy (non-hydrogen) atoms. The van der Waals surface area contributed by atoms with Crippen LogP contribution in [0.5, 0.6) is 0 Å². The van der Waals surface area contributed by atoms with Crippen molar-refractivity contribution in [2.24, 2.45) is 15.7 Å². The summed E-state index contributed by atoms with van der Waals surface area (Å²) in [6, 6.07) is 8.33. The van der Waals surface area contributed by atoms with Crippen LogP contribution >= 0.6 is 0 Å². The van der Waals surface area contributed by atoms with Crippen LogP contribution in [0.25, 0.3) is 0 Å². The summed E-state index contributed by atoms with van der Waals surface area (Å²) in [5.74, 6) is -0.349. The van der Waals surface area contributed by atoms with Crippen LogP contribution in [0.4, 0.5) is 10.1 Å². The number of hydrogen-bond donors (Lipinski definition) is 3. The minimum atomic E-state index is -0.594. The molecule has 0 saturated carbocycles. The average molecular weight is 398 g/mol. The molecule has 0 aliphatic carbocycles. The van der Waals surface area contributed by atoms with E-state index in [1.807, 2.05) is 27.7 Å². The SMILES string of the molecule is CC.CC.NC(=NC(=Nc1ccncc1F)c1[nH]ccc1CO)c1ccccn1. The first kappa shape index (κ1) is 23.6. The van der Waals surface area contributed by atoms with Gasteiger partial charge in [-0.05, 0) is 24.3 Å². The smallest absolute Gasteiger partial charge is 0.179 e. The van der Waals surface area contributed by atoms with E-state index in [4.69, 9.17) is 5.73 Å². The van der Waals surface area contributed by atoms with Gasteiger partial charge in [0.2, 0.25) is 0 Å². The summed E-state index contributed by atoms with van der Waals surface area (Å²) in [6.07, 6.45) is 5.70. The molecule has 0 aliphatic rings. The molecule has 0 spiro atoms. The molecule has 4 N–H and O–H groups in total. The predicted octanol–water partition coefficient (Wildman–Crippen LogP) is 3.97. The largest absolute Gasteiger partial charge is 0.392 e. The van der Waals surface area contributed by atoms with Gasteiger partial charge in [0, 0.05) is 24.2 Å². The van der Waals surface area contributed by atoms with Gasteiger partial charge in [0.05, 0.1) is 18.5 Å². The number of aromatic nitrogens is 3. The molecule has 0 amide bonds. The molecule has 0 fully saturated rings. The Kier molecular flexibility index (Phi) is 10.5. The van der Waals surface area contributed by atoms with E-state index >= 15 is 0 Å². The average Bonchev–Trinajstić information content (AvgIpc) is 3.27. The van der Waals surface area contributed by atoms with Crippen molar-refractivity contribution in [1.29, 1.82) is 0 Å². The molecule has 7 nitrogen and oxygen atoms in total. The fourth-order valence-electron chi connectivity index (χ4n) is 2.14. The highest BCUT2D eigenvalue weighted by Gasteiger charge is 2.13. The van der Waals surface area contributed by atoms with Crippen LogP contribution in [0.3, 0.4) is 0 Å². The van der Waals surface area contributed by atoms with Crippen molar-refractivity contribution >= 4 is 17.4 Å². The monoisotopic (exact) mass is 398 g/mol. The summed E-state index contributed by atoms with van der Waals surface area (Å²) in [4.78, 5) is 19.3. The summed E-state index contributed by atoms with van der Waals surface area (Å²) < 4.78 is 13.9. The molecule has 0 saturated heterocycles. The number of aliphatic hydroxyl groups excluding tert-OH is 1. The van der Waals surface area contributed by atoms with Crippen molar-refractivity contribution in [1.82, 2.24) is 15.0 Å². The van der Waals surface area contributed by atoms with Crippen LogP contribution in [-0.2, 0) is 6.61 Å². The van der Waals surface area contributed by atoms with E-state index in [2.05, 4.69) is 24.9 Å². The number of aliphatic imine (C=N–C) groups is 2. The lowest BCUT2D eigenvalue weighted by Crippen LogP contribution is -2.18. The Bertz CT molecular complexity index is 922. The number of rotatable bonds is 4. The fraction of sp³-hybridized carbons (Fsp3) is 0.238. The normalized spacial score (nSPS) is 11.1. The van der Waals surface area contributed by atoms with Crippen molar-refractivity contribution in [3.05, 3.63) is 77.9 Å². The van der Waals surface area contributed by atoms with E-state index in [9.17, 15) is 9.50 Å². The quantitative estimate of drug-likeness (QED) is 0.456. The number of nitrogens with two attached hydrogens (primary N) is 1. The summed E-state index contributed by atoms with van der Waals surface area (Å²) in [7, 11) is 0. The van der Waals surface area contributed by atoms with Gasteiger partial charge in [0.25, 0.3) is 0 Å². The first-order chi connectivity index (χ1) is 14.2. The lowest BCUT2D eigenvalue weighted by Gasteiger charge is -2.05. The highest BCUT2D eigenvalue weighted by Crippen LogP contribution is 2.19. The van der Waals surface area contributed by atoms with Gasteiger partial charge < -0.3 is 15.8 Å². The first-order valence-corrected chi connectivity index (χ1v) is 9.40. The number of halogens is 1. The number of aliphatic hydroxyl groups is 1. The van der Waals surface area contributed by atoms with Crippen molar-refractivity contribution in [2.75, 3.05) is 0 Å². The summed E-state index contributed by atoms with van der Waals surface area (Å²) in [6.45, 7) is 7.77. The Morgan fingerprint density at radius 2 is 1.90 bits per heavy atom. The molecular formula is C21H27FN6O. The molecular weight excluding hydrogens is 371 g/mol. The second-order valence-electron chi connectivity index (χ2n) is 5.01. The molecule has 0 atom stereocenters. The molecule has 0 aliphatic heterocycles. The van der Waals surface area contributed by atoms with Crippen LogP contribution < -0.4 is 5.73 Å². The van der Waals surface area contributed by atoms with Gasteiger partial charge in [-0.15, -0.1) is 0 Å². The Hall–Kier alpha value is -3.39. The predicted molar refractivity (Wildman–Crippen MR) is 115 cm³/mol. The van der Waals surface area contributed by atoms with Crippen molar-refractivity contribution in [3.8, 4) is 0 Å². The third kappa shape index (κ3) is 6.62. The number of H-pyrrole nitrogens is 1. The van der Waals surface area contributed by atoms with Crippen LogP contribution in [0.15, 0.2) is 65.1 Å². The number of aromatic amines is 1. The Labute approximate surface area is 170 Å². The summed E-state index contributed by atoms with van der Waals surface area (Å²) in [5, 5.41) is 9.48. The molecule has 0 aromatic carbocycles. The molecule has 0 unspecified atom stereocenters. The second kappa shape index (κ2) is 12.9.